The van der Waals surface area contributed by atoms with Gasteiger partial charge in [0, 0.05) is 6.54 Å². The number of imidazole rings is 1. The van der Waals surface area contributed by atoms with Crippen LogP contribution in [-0.4, -0.2) is 9.55 Å². The van der Waals surface area contributed by atoms with Gasteiger partial charge < -0.3 is 10.3 Å². The first-order valence-electron chi connectivity index (χ1n) is 6.45. The van der Waals surface area contributed by atoms with Crippen molar-refractivity contribution in [3.8, 4) is 6.07 Å². The van der Waals surface area contributed by atoms with E-state index >= 15 is 0 Å². The highest BCUT2D eigenvalue weighted by molar-refractivity contribution is 5.76. The Morgan fingerprint density at radius 2 is 1.85 bits per heavy atom. The van der Waals surface area contributed by atoms with Crippen molar-refractivity contribution in [3.05, 3.63) is 65.5 Å². The summed E-state index contributed by atoms with van der Waals surface area (Å²) in [6.45, 7) is 1.11. The topological polar surface area (TPSA) is 67.6 Å². The highest BCUT2D eigenvalue weighted by Crippen LogP contribution is 2.18. The standard InChI is InChI=1S/C16H14N4/c17-9-12-5-7-13(8-6-12)11-20-15-4-2-1-3-14(15)19-16(20)10-18/h1-8H,10-11,18H2. The summed E-state index contributed by atoms with van der Waals surface area (Å²) in [7, 11) is 0. The fourth-order valence-electron chi connectivity index (χ4n) is 2.32. The molecule has 0 radical (unpaired) electrons. The van der Waals surface area contributed by atoms with Gasteiger partial charge in [-0.15, -0.1) is 0 Å². The lowest BCUT2D eigenvalue weighted by atomic mass is 10.1. The second-order valence-corrected chi connectivity index (χ2v) is 4.62. The molecule has 0 aliphatic carbocycles. The lowest BCUT2D eigenvalue weighted by Gasteiger charge is -2.08. The number of rotatable bonds is 3. The van der Waals surface area contributed by atoms with Crippen molar-refractivity contribution in [2.24, 2.45) is 5.73 Å². The highest BCUT2D eigenvalue weighted by Gasteiger charge is 2.09. The van der Waals surface area contributed by atoms with Gasteiger partial charge in [-0.05, 0) is 29.8 Å². The zero-order chi connectivity index (χ0) is 13.9. The smallest absolute Gasteiger partial charge is 0.123 e. The maximum Gasteiger partial charge on any atom is 0.123 e. The first-order valence-corrected chi connectivity index (χ1v) is 6.45. The third-order valence-electron chi connectivity index (χ3n) is 3.34. The van der Waals surface area contributed by atoms with E-state index in [1.165, 1.54) is 0 Å². The number of para-hydroxylation sites is 2. The summed E-state index contributed by atoms with van der Waals surface area (Å²) in [6, 6.07) is 17.7. The zero-order valence-electron chi connectivity index (χ0n) is 11.0. The summed E-state index contributed by atoms with van der Waals surface area (Å²) in [5.41, 5.74) is 9.62. The Morgan fingerprint density at radius 3 is 2.55 bits per heavy atom. The molecule has 20 heavy (non-hydrogen) atoms. The lowest BCUT2D eigenvalue weighted by molar-refractivity contribution is 0.744. The average molecular weight is 262 g/mol. The summed E-state index contributed by atoms with van der Waals surface area (Å²) in [5, 5.41) is 8.83. The molecule has 1 aromatic heterocycles. The molecule has 0 saturated heterocycles. The van der Waals surface area contributed by atoms with Gasteiger partial charge in [0.2, 0.25) is 0 Å². The van der Waals surface area contributed by atoms with E-state index < -0.39 is 0 Å². The molecule has 1 heterocycles. The Morgan fingerprint density at radius 1 is 1.10 bits per heavy atom. The molecule has 0 amide bonds. The Kier molecular flexibility index (Phi) is 3.20. The normalized spacial score (nSPS) is 10.6. The summed E-state index contributed by atoms with van der Waals surface area (Å²) in [4.78, 5) is 4.55. The van der Waals surface area contributed by atoms with Gasteiger partial charge in [0.15, 0.2) is 0 Å². The summed E-state index contributed by atoms with van der Waals surface area (Å²) >= 11 is 0. The minimum atomic E-state index is 0.408. The Hall–Kier alpha value is -2.64. The molecule has 0 atom stereocenters. The van der Waals surface area contributed by atoms with E-state index in [0.717, 1.165) is 22.4 Å². The van der Waals surface area contributed by atoms with E-state index in [0.29, 0.717) is 18.7 Å². The largest absolute Gasteiger partial charge is 0.324 e. The monoisotopic (exact) mass is 262 g/mol. The van der Waals surface area contributed by atoms with Crippen LogP contribution in [0, 0.1) is 11.3 Å². The van der Waals surface area contributed by atoms with Gasteiger partial charge in [0.05, 0.1) is 29.2 Å². The van der Waals surface area contributed by atoms with Gasteiger partial charge in [-0.25, -0.2) is 4.98 Å². The van der Waals surface area contributed by atoms with Crippen LogP contribution in [-0.2, 0) is 13.1 Å². The zero-order valence-corrected chi connectivity index (χ0v) is 11.0. The van der Waals surface area contributed by atoms with Crippen LogP contribution in [0.5, 0.6) is 0 Å². The van der Waals surface area contributed by atoms with E-state index in [-0.39, 0.29) is 0 Å². The first-order chi connectivity index (χ1) is 9.81. The molecular formula is C16H14N4. The third kappa shape index (κ3) is 2.15. The Labute approximate surface area is 117 Å². The van der Waals surface area contributed by atoms with Crippen molar-refractivity contribution < 1.29 is 0 Å². The van der Waals surface area contributed by atoms with Crippen LogP contribution in [0.2, 0.25) is 0 Å². The number of nitriles is 1. The van der Waals surface area contributed by atoms with E-state index in [9.17, 15) is 0 Å². The minimum Gasteiger partial charge on any atom is -0.324 e. The maximum atomic E-state index is 8.83. The summed E-state index contributed by atoms with van der Waals surface area (Å²) < 4.78 is 2.12. The number of hydrogen-bond acceptors (Lipinski definition) is 3. The third-order valence-corrected chi connectivity index (χ3v) is 3.34. The number of fused-ring (bicyclic) bond motifs is 1. The van der Waals surface area contributed by atoms with Crippen LogP contribution in [0.4, 0.5) is 0 Å². The molecule has 2 aromatic carbocycles. The van der Waals surface area contributed by atoms with Crippen molar-refractivity contribution in [1.29, 1.82) is 5.26 Å². The Balaban J connectivity index is 2.02. The average Bonchev–Trinajstić information content (AvgIpc) is 2.86. The molecule has 3 rings (SSSR count). The molecule has 98 valence electrons. The fraction of sp³-hybridized carbons (Fsp3) is 0.125. The van der Waals surface area contributed by atoms with Gasteiger partial charge in [-0.1, -0.05) is 24.3 Å². The van der Waals surface area contributed by atoms with Crippen molar-refractivity contribution >= 4 is 11.0 Å². The summed E-state index contributed by atoms with van der Waals surface area (Å²) in [6.07, 6.45) is 0. The maximum absolute atomic E-state index is 8.83. The van der Waals surface area contributed by atoms with Gasteiger partial charge in [0.1, 0.15) is 5.82 Å². The van der Waals surface area contributed by atoms with E-state index in [2.05, 4.69) is 15.6 Å². The molecule has 0 fully saturated rings. The molecule has 4 nitrogen and oxygen atoms in total. The predicted octanol–water partition coefficient (Wildman–Crippen LogP) is 2.41. The van der Waals surface area contributed by atoms with Gasteiger partial charge in [0.25, 0.3) is 0 Å². The molecule has 0 bridgehead atoms. The molecule has 3 aromatic rings. The molecule has 2 N–H and O–H groups in total. The quantitative estimate of drug-likeness (QED) is 0.788. The molecule has 0 unspecified atom stereocenters. The number of nitrogens with zero attached hydrogens (tertiary/aromatic N) is 3. The second kappa shape index (κ2) is 5.16. The van der Waals surface area contributed by atoms with Crippen molar-refractivity contribution in [3.63, 3.8) is 0 Å². The molecule has 0 saturated carbocycles. The van der Waals surface area contributed by atoms with Crippen molar-refractivity contribution in [1.82, 2.24) is 9.55 Å². The molecular weight excluding hydrogens is 248 g/mol. The van der Waals surface area contributed by atoms with Gasteiger partial charge >= 0.3 is 0 Å². The number of hydrogen-bond donors (Lipinski definition) is 1. The molecule has 4 heteroatoms. The predicted molar refractivity (Wildman–Crippen MR) is 77.9 cm³/mol. The summed E-state index contributed by atoms with van der Waals surface area (Å²) in [5.74, 6) is 0.871. The van der Waals surface area contributed by atoms with E-state index in [4.69, 9.17) is 11.0 Å². The van der Waals surface area contributed by atoms with Crippen LogP contribution in [0.3, 0.4) is 0 Å². The van der Waals surface area contributed by atoms with E-state index in [1.54, 1.807) is 0 Å². The fourth-order valence-corrected chi connectivity index (χ4v) is 2.32. The molecule has 0 aliphatic heterocycles. The van der Waals surface area contributed by atoms with Crippen LogP contribution in [0.25, 0.3) is 11.0 Å². The lowest BCUT2D eigenvalue weighted by Crippen LogP contribution is -2.09. The molecule has 0 spiro atoms. The van der Waals surface area contributed by atoms with Gasteiger partial charge in [-0.3, -0.25) is 0 Å². The number of aromatic nitrogens is 2. The van der Waals surface area contributed by atoms with Crippen molar-refractivity contribution in [2.45, 2.75) is 13.1 Å². The van der Waals surface area contributed by atoms with Gasteiger partial charge in [-0.2, -0.15) is 5.26 Å². The first kappa shape index (κ1) is 12.4. The van der Waals surface area contributed by atoms with Crippen LogP contribution >= 0.6 is 0 Å². The van der Waals surface area contributed by atoms with Crippen LogP contribution < -0.4 is 5.73 Å². The minimum absolute atomic E-state index is 0.408. The molecule has 0 aliphatic rings. The number of benzene rings is 2. The van der Waals surface area contributed by atoms with E-state index in [1.807, 2.05) is 48.5 Å². The van der Waals surface area contributed by atoms with Crippen molar-refractivity contribution in [2.75, 3.05) is 0 Å². The number of nitrogens with two attached hydrogens (primary N) is 1. The highest BCUT2D eigenvalue weighted by atomic mass is 15.1. The Bertz CT molecular complexity index is 778. The van der Waals surface area contributed by atoms with Crippen LogP contribution in [0.1, 0.15) is 17.0 Å². The second-order valence-electron chi connectivity index (χ2n) is 4.62. The SMILES string of the molecule is N#Cc1ccc(Cn2c(CN)nc3ccccc32)cc1. The van der Waals surface area contributed by atoms with Crippen LogP contribution in [0.15, 0.2) is 48.5 Å².